The fourth-order valence-electron chi connectivity index (χ4n) is 1.81. The van der Waals surface area contributed by atoms with Crippen LogP contribution in [0.15, 0.2) is 24.3 Å². The molecule has 0 heterocycles. The molecule has 1 N–H and O–H groups in total. The van der Waals surface area contributed by atoms with Crippen LogP contribution in [0.5, 0.6) is 5.75 Å². The lowest BCUT2D eigenvalue weighted by Gasteiger charge is -2.25. The molecule has 0 spiro atoms. The number of aliphatic hydroxyl groups excluding tert-OH is 1. The topological polar surface area (TPSA) is 55.8 Å². The van der Waals surface area contributed by atoms with Crippen molar-refractivity contribution in [3.63, 3.8) is 0 Å². The van der Waals surface area contributed by atoms with Crippen molar-refractivity contribution in [3.8, 4) is 5.75 Å². The van der Waals surface area contributed by atoms with Gasteiger partial charge in [0.15, 0.2) is 6.29 Å². The third kappa shape index (κ3) is 4.53. The van der Waals surface area contributed by atoms with Gasteiger partial charge in [0, 0.05) is 12.8 Å². The van der Waals surface area contributed by atoms with Crippen LogP contribution in [0.1, 0.15) is 46.6 Å². The summed E-state index contributed by atoms with van der Waals surface area (Å²) in [5.41, 5.74) is 0.192. The Morgan fingerprint density at radius 1 is 1.30 bits per heavy atom. The van der Waals surface area contributed by atoms with Crippen molar-refractivity contribution in [1.82, 2.24) is 0 Å². The second-order valence-electron chi connectivity index (χ2n) is 5.52. The molecule has 112 valence electrons. The van der Waals surface area contributed by atoms with E-state index in [1.165, 1.54) is 6.92 Å². The molecule has 0 fully saturated rings. The summed E-state index contributed by atoms with van der Waals surface area (Å²) in [7, 11) is 0. The van der Waals surface area contributed by atoms with E-state index in [4.69, 9.17) is 9.47 Å². The van der Waals surface area contributed by atoms with Gasteiger partial charge < -0.3 is 14.6 Å². The van der Waals surface area contributed by atoms with Crippen LogP contribution in [0.2, 0.25) is 0 Å². The minimum atomic E-state index is -0.813. The molecule has 0 aromatic heterocycles. The molecule has 0 amide bonds. The first-order valence-electron chi connectivity index (χ1n) is 6.91. The molecular formula is C16H24O4. The smallest absolute Gasteiger partial charge is 0.303 e. The van der Waals surface area contributed by atoms with Gasteiger partial charge in [-0.2, -0.15) is 0 Å². The zero-order valence-corrected chi connectivity index (χ0v) is 12.8. The Kier molecular flexibility index (Phi) is 5.57. The van der Waals surface area contributed by atoms with Gasteiger partial charge in [0.1, 0.15) is 11.4 Å². The predicted octanol–water partition coefficient (Wildman–Crippen LogP) is 3.23. The summed E-state index contributed by atoms with van der Waals surface area (Å²) in [6.07, 6.45) is 0.0333. The fourth-order valence-corrected chi connectivity index (χ4v) is 1.81. The van der Waals surface area contributed by atoms with Gasteiger partial charge in [-0.05, 0) is 38.0 Å². The standard InChI is InChI=1S/C16H24O4/c1-6-11(2)15(18)19-14-9-7-13(8-10-14)16(4,5)20-12(3)17/h7-11,15,18H,6H2,1-5H3. The van der Waals surface area contributed by atoms with Crippen molar-refractivity contribution in [2.75, 3.05) is 0 Å². The first kappa shape index (κ1) is 16.5. The Morgan fingerprint density at radius 3 is 2.30 bits per heavy atom. The van der Waals surface area contributed by atoms with E-state index in [-0.39, 0.29) is 11.9 Å². The third-order valence-electron chi connectivity index (χ3n) is 3.34. The number of carbonyl (C=O) groups excluding carboxylic acids is 1. The molecule has 0 aliphatic carbocycles. The van der Waals surface area contributed by atoms with Crippen molar-refractivity contribution in [1.29, 1.82) is 0 Å². The maximum atomic E-state index is 11.1. The monoisotopic (exact) mass is 280 g/mol. The Morgan fingerprint density at radius 2 is 1.85 bits per heavy atom. The summed E-state index contributed by atoms with van der Waals surface area (Å²) >= 11 is 0. The molecule has 1 aromatic rings. The minimum absolute atomic E-state index is 0.0761. The molecule has 0 bridgehead atoms. The van der Waals surface area contributed by atoms with E-state index in [9.17, 15) is 9.90 Å². The molecule has 0 aliphatic heterocycles. The van der Waals surface area contributed by atoms with Crippen molar-refractivity contribution in [2.45, 2.75) is 52.9 Å². The van der Waals surface area contributed by atoms with Gasteiger partial charge in [-0.3, -0.25) is 4.79 Å². The number of ether oxygens (including phenoxy) is 2. The molecule has 1 rings (SSSR count). The molecule has 4 nitrogen and oxygen atoms in total. The van der Waals surface area contributed by atoms with E-state index in [1.807, 2.05) is 39.8 Å². The molecule has 2 unspecified atom stereocenters. The number of hydrogen-bond donors (Lipinski definition) is 1. The van der Waals surface area contributed by atoms with E-state index in [1.54, 1.807) is 12.1 Å². The highest BCUT2D eigenvalue weighted by Gasteiger charge is 2.24. The molecule has 0 aliphatic rings. The molecule has 4 heteroatoms. The van der Waals surface area contributed by atoms with E-state index in [0.717, 1.165) is 12.0 Å². The summed E-state index contributed by atoms with van der Waals surface area (Å²) in [5, 5.41) is 9.83. The highest BCUT2D eigenvalue weighted by Crippen LogP contribution is 2.27. The summed E-state index contributed by atoms with van der Waals surface area (Å²) in [5.74, 6) is 0.356. The normalized spacial score (nSPS) is 14.5. The highest BCUT2D eigenvalue weighted by atomic mass is 16.6. The Hall–Kier alpha value is -1.55. The molecule has 0 saturated carbocycles. The number of aliphatic hydroxyl groups is 1. The van der Waals surface area contributed by atoms with Crippen LogP contribution in [0.3, 0.4) is 0 Å². The number of rotatable bonds is 6. The third-order valence-corrected chi connectivity index (χ3v) is 3.34. The molecule has 1 aromatic carbocycles. The second kappa shape index (κ2) is 6.75. The van der Waals surface area contributed by atoms with E-state index in [0.29, 0.717) is 5.75 Å². The van der Waals surface area contributed by atoms with Gasteiger partial charge in [0.05, 0.1) is 0 Å². The van der Waals surface area contributed by atoms with Gasteiger partial charge in [-0.15, -0.1) is 0 Å². The Bertz CT molecular complexity index is 436. The predicted molar refractivity (Wildman–Crippen MR) is 77.3 cm³/mol. The molecule has 0 radical (unpaired) electrons. The number of carbonyl (C=O) groups is 1. The number of benzene rings is 1. The summed E-state index contributed by atoms with van der Waals surface area (Å²) < 4.78 is 10.7. The summed E-state index contributed by atoms with van der Waals surface area (Å²) in [6.45, 7) is 8.99. The molecule has 20 heavy (non-hydrogen) atoms. The first-order valence-corrected chi connectivity index (χ1v) is 6.91. The average molecular weight is 280 g/mol. The lowest BCUT2D eigenvalue weighted by molar-refractivity contribution is -0.154. The quantitative estimate of drug-likeness (QED) is 0.642. The van der Waals surface area contributed by atoms with Crippen molar-refractivity contribution in [2.24, 2.45) is 5.92 Å². The van der Waals surface area contributed by atoms with E-state index in [2.05, 4.69) is 0 Å². The van der Waals surface area contributed by atoms with E-state index >= 15 is 0 Å². The second-order valence-corrected chi connectivity index (χ2v) is 5.52. The van der Waals surface area contributed by atoms with Gasteiger partial charge in [0.25, 0.3) is 0 Å². The lowest BCUT2D eigenvalue weighted by atomic mass is 9.98. The molecule has 0 saturated heterocycles. The lowest BCUT2D eigenvalue weighted by Crippen LogP contribution is -2.25. The minimum Gasteiger partial charge on any atom is -0.465 e. The SMILES string of the molecule is CCC(C)C(O)Oc1ccc(C(C)(C)OC(C)=O)cc1. The van der Waals surface area contributed by atoms with Crippen LogP contribution < -0.4 is 4.74 Å². The van der Waals surface area contributed by atoms with Crippen LogP contribution in [0.25, 0.3) is 0 Å². The highest BCUT2D eigenvalue weighted by molar-refractivity contribution is 5.66. The van der Waals surface area contributed by atoms with Gasteiger partial charge >= 0.3 is 5.97 Å². The van der Waals surface area contributed by atoms with Crippen molar-refractivity contribution < 1.29 is 19.4 Å². The number of esters is 1. The van der Waals surface area contributed by atoms with Gasteiger partial charge in [-0.1, -0.05) is 26.0 Å². The Balaban J connectivity index is 2.76. The van der Waals surface area contributed by atoms with Crippen LogP contribution in [0, 0.1) is 5.92 Å². The maximum absolute atomic E-state index is 11.1. The summed E-state index contributed by atoms with van der Waals surface area (Å²) in [6, 6.07) is 7.21. The fraction of sp³-hybridized carbons (Fsp3) is 0.562. The zero-order chi connectivity index (χ0) is 15.3. The average Bonchev–Trinajstić information content (AvgIpc) is 2.36. The largest absolute Gasteiger partial charge is 0.465 e. The van der Waals surface area contributed by atoms with E-state index < -0.39 is 11.9 Å². The first-order chi connectivity index (χ1) is 9.26. The van der Waals surface area contributed by atoms with Crippen molar-refractivity contribution in [3.05, 3.63) is 29.8 Å². The zero-order valence-electron chi connectivity index (χ0n) is 12.8. The summed E-state index contributed by atoms with van der Waals surface area (Å²) in [4.78, 5) is 11.1. The number of hydrogen-bond acceptors (Lipinski definition) is 4. The van der Waals surface area contributed by atoms with Gasteiger partial charge in [-0.25, -0.2) is 0 Å². The molecular weight excluding hydrogens is 256 g/mol. The molecule has 2 atom stereocenters. The van der Waals surface area contributed by atoms with Crippen LogP contribution in [0.4, 0.5) is 0 Å². The van der Waals surface area contributed by atoms with Crippen molar-refractivity contribution >= 4 is 5.97 Å². The van der Waals surface area contributed by atoms with Crippen LogP contribution >= 0.6 is 0 Å². The van der Waals surface area contributed by atoms with Crippen LogP contribution in [-0.4, -0.2) is 17.4 Å². The maximum Gasteiger partial charge on any atom is 0.303 e. The Labute approximate surface area is 120 Å². The van der Waals surface area contributed by atoms with Gasteiger partial charge in [0.2, 0.25) is 0 Å². The van der Waals surface area contributed by atoms with Crippen LogP contribution in [-0.2, 0) is 15.1 Å².